The van der Waals surface area contributed by atoms with E-state index in [1.807, 2.05) is 6.08 Å². The first-order valence-corrected chi connectivity index (χ1v) is 11.1. The van der Waals surface area contributed by atoms with Gasteiger partial charge in [-0.25, -0.2) is 0 Å². The molecular weight excluding hydrogens is 314 g/mol. The second-order valence-corrected chi connectivity index (χ2v) is 8.61. The van der Waals surface area contributed by atoms with Crippen LogP contribution in [-0.2, 0) is 6.54 Å². The summed E-state index contributed by atoms with van der Waals surface area (Å²) in [4.78, 5) is 0. The molecule has 0 aliphatic rings. The van der Waals surface area contributed by atoms with E-state index in [-0.39, 0.29) is 0 Å². The standard InChI is InChI=1S/C25H44N/c1-5-7-8-9-10-11-12-13-14-15-16-19-22-26(3,4)23-25-21-18-17-20-24(25)6-2/h6,17-18,20-21H,2,5,7-16,19,22-23H2,1,3-4H3/q+1. The molecule has 0 unspecified atom stereocenters. The minimum atomic E-state index is 1.07. The highest BCUT2D eigenvalue weighted by Gasteiger charge is 2.16. The summed E-state index contributed by atoms with van der Waals surface area (Å²) in [7, 11) is 4.72. The minimum absolute atomic E-state index is 1.07. The van der Waals surface area contributed by atoms with Gasteiger partial charge in [0.1, 0.15) is 6.54 Å². The molecule has 1 nitrogen and oxygen atoms in total. The lowest BCUT2D eigenvalue weighted by molar-refractivity contribution is -0.903. The highest BCUT2D eigenvalue weighted by Crippen LogP contribution is 2.17. The Morgan fingerprint density at radius 3 is 1.81 bits per heavy atom. The van der Waals surface area contributed by atoms with Gasteiger partial charge < -0.3 is 4.48 Å². The van der Waals surface area contributed by atoms with Gasteiger partial charge in [-0.3, -0.25) is 0 Å². The zero-order valence-corrected chi connectivity index (χ0v) is 17.9. The lowest BCUT2D eigenvalue weighted by Crippen LogP contribution is -2.39. The van der Waals surface area contributed by atoms with E-state index in [4.69, 9.17) is 0 Å². The van der Waals surface area contributed by atoms with E-state index in [0.29, 0.717) is 0 Å². The summed E-state index contributed by atoms with van der Waals surface area (Å²) < 4.78 is 1.07. The summed E-state index contributed by atoms with van der Waals surface area (Å²) in [5.74, 6) is 0. The van der Waals surface area contributed by atoms with Crippen molar-refractivity contribution >= 4 is 6.08 Å². The normalized spacial score (nSPS) is 11.7. The van der Waals surface area contributed by atoms with E-state index in [9.17, 15) is 0 Å². The second kappa shape index (κ2) is 14.0. The Labute approximate surface area is 164 Å². The van der Waals surface area contributed by atoms with Gasteiger partial charge in [-0.05, 0) is 18.4 Å². The number of hydrogen-bond acceptors (Lipinski definition) is 0. The van der Waals surface area contributed by atoms with E-state index in [2.05, 4.69) is 51.9 Å². The molecule has 0 amide bonds. The van der Waals surface area contributed by atoms with Crippen molar-refractivity contribution in [2.75, 3.05) is 20.6 Å². The summed E-state index contributed by atoms with van der Waals surface area (Å²) in [5, 5.41) is 0. The van der Waals surface area contributed by atoms with Crippen LogP contribution in [0.3, 0.4) is 0 Å². The van der Waals surface area contributed by atoms with Gasteiger partial charge in [0.2, 0.25) is 0 Å². The van der Waals surface area contributed by atoms with Crippen molar-refractivity contribution in [1.82, 2.24) is 0 Å². The quantitative estimate of drug-likeness (QED) is 0.211. The van der Waals surface area contributed by atoms with Gasteiger partial charge in [0, 0.05) is 5.56 Å². The third kappa shape index (κ3) is 10.8. The Morgan fingerprint density at radius 2 is 1.27 bits per heavy atom. The molecule has 0 bridgehead atoms. The largest absolute Gasteiger partial charge is 0.325 e. The molecule has 1 heteroatoms. The summed E-state index contributed by atoms with van der Waals surface area (Å²) in [6.07, 6.45) is 19.1. The molecule has 0 spiro atoms. The van der Waals surface area contributed by atoms with Crippen molar-refractivity contribution in [2.45, 2.75) is 90.5 Å². The maximum Gasteiger partial charge on any atom is 0.105 e. The summed E-state index contributed by atoms with van der Waals surface area (Å²) in [6.45, 7) is 8.61. The van der Waals surface area contributed by atoms with Crippen molar-refractivity contribution < 1.29 is 4.48 Å². The van der Waals surface area contributed by atoms with Gasteiger partial charge >= 0.3 is 0 Å². The van der Waals surface area contributed by atoms with Crippen molar-refractivity contribution in [2.24, 2.45) is 0 Å². The molecule has 0 atom stereocenters. The van der Waals surface area contributed by atoms with Gasteiger partial charge in [0.25, 0.3) is 0 Å². The van der Waals surface area contributed by atoms with E-state index < -0.39 is 0 Å². The van der Waals surface area contributed by atoms with Crippen LogP contribution in [0.15, 0.2) is 30.8 Å². The number of unbranched alkanes of at least 4 members (excludes halogenated alkanes) is 11. The number of quaternary nitrogens is 1. The lowest BCUT2D eigenvalue weighted by Gasteiger charge is -2.30. The Hall–Kier alpha value is -1.08. The Kier molecular flexibility index (Phi) is 12.4. The molecule has 0 N–H and O–H groups in total. The number of nitrogens with zero attached hydrogens (tertiary/aromatic N) is 1. The van der Waals surface area contributed by atoms with Crippen LogP contribution < -0.4 is 0 Å². The predicted molar refractivity (Wildman–Crippen MR) is 118 cm³/mol. The molecule has 0 heterocycles. The fourth-order valence-electron chi connectivity index (χ4n) is 3.80. The molecule has 0 aliphatic heterocycles. The zero-order valence-electron chi connectivity index (χ0n) is 17.9. The molecule has 1 rings (SSSR count). The van der Waals surface area contributed by atoms with Gasteiger partial charge in [0.05, 0.1) is 20.6 Å². The Morgan fingerprint density at radius 1 is 0.769 bits per heavy atom. The molecule has 1 aromatic rings. The van der Waals surface area contributed by atoms with Gasteiger partial charge in [-0.15, -0.1) is 0 Å². The molecule has 0 saturated carbocycles. The van der Waals surface area contributed by atoms with Crippen molar-refractivity contribution in [3.05, 3.63) is 42.0 Å². The van der Waals surface area contributed by atoms with Crippen LogP contribution in [0.25, 0.3) is 6.08 Å². The number of hydrogen-bond donors (Lipinski definition) is 0. The molecule has 0 fully saturated rings. The van der Waals surface area contributed by atoms with Crippen LogP contribution in [0, 0.1) is 0 Å². The smallest absolute Gasteiger partial charge is 0.105 e. The topological polar surface area (TPSA) is 0 Å². The van der Waals surface area contributed by atoms with Gasteiger partial charge in [-0.2, -0.15) is 0 Å². The lowest BCUT2D eigenvalue weighted by atomic mass is 10.0. The van der Waals surface area contributed by atoms with E-state index in [1.165, 1.54) is 94.7 Å². The molecular formula is C25H44N+. The molecule has 26 heavy (non-hydrogen) atoms. The van der Waals surface area contributed by atoms with Crippen LogP contribution in [0.4, 0.5) is 0 Å². The van der Waals surface area contributed by atoms with Gasteiger partial charge in [0.15, 0.2) is 0 Å². The molecule has 0 aromatic heterocycles. The predicted octanol–water partition coefficient (Wildman–Crippen LogP) is 7.61. The molecule has 0 saturated heterocycles. The fourth-order valence-corrected chi connectivity index (χ4v) is 3.80. The van der Waals surface area contributed by atoms with Crippen LogP contribution in [-0.4, -0.2) is 25.1 Å². The maximum atomic E-state index is 3.95. The minimum Gasteiger partial charge on any atom is -0.325 e. The maximum absolute atomic E-state index is 3.95. The third-order valence-corrected chi connectivity index (χ3v) is 5.49. The highest BCUT2D eigenvalue weighted by molar-refractivity contribution is 5.51. The fraction of sp³-hybridized carbons (Fsp3) is 0.680. The Balaban J connectivity index is 2.05. The van der Waals surface area contributed by atoms with Gasteiger partial charge in [-0.1, -0.05) is 108 Å². The van der Waals surface area contributed by atoms with Crippen LogP contribution >= 0.6 is 0 Å². The molecule has 0 aliphatic carbocycles. The van der Waals surface area contributed by atoms with Crippen LogP contribution in [0.5, 0.6) is 0 Å². The average molecular weight is 359 g/mol. The molecule has 0 radical (unpaired) electrons. The zero-order chi connectivity index (χ0) is 19.1. The second-order valence-electron chi connectivity index (χ2n) is 8.61. The summed E-state index contributed by atoms with van der Waals surface area (Å²) >= 11 is 0. The third-order valence-electron chi connectivity index (χ3n) is 5.49. The van der Waals surface area contributed by atoms with Crippen LogP contribution in [0.1, 0.15) is 95.1 Å². The highest BCUT2D eigenvalue weighted by atomic mass is 15.3. The molecule has 1 aromatic carbocycles. The first kappa shape index (κ1) is 23.0. The van der Waals surface area contributed by atoms with E-state index >= 15 is 0 Å². The first-order valence-electron chi connectivity index (χ1n) is 11.1. The average Bonchev–Trinajstić information content (AvgIpc) is 2.62. The summed E-state index contributed by atoms with van der Waals surface area (Å²) in [5.41, 5.74) is 2.71. The first-order chi connectivity index (χ1) is 12.6. The molecule has 148 valence electrons. The monoisotopic (exact) mass is 358 g/mol. The SMILES string of the molecule is C=Cc1ccccc1C[N+](C)(C)CCCCCCCCCCCCCC. The summed E-state index contributed by atoms with van der Waals surface area (Å²) in [6, 6.07) is 8.67. The van der Waals surface area contributed by atoms with Crippen molar-refractivity contribution in [1.29, 1.82) is 0 Å². The van der Waals surface area contributed by atoms with Crippen molar-refractivity contribution in [3.63, 3.8) is 0 Å². The van der Waals surface area contributed by atoms with Crippen LogP contribution in [0.2, 0.25) is 0 Å². The number of benzene rings is 1. The number of rotatable bonds is 16. The van der Waals surface area contributed by atoms with E-state index in [1.54, 1.807) is 0 Å². The Bertz CT molecular complexity index is 475. The van der Waals surface area contributed by atoms with E-state index in [0.717, 1.165) is 11.0 Å². The van der Waals surface area contributed by atoms with Crippen molar-refractivity contribution in [3.8, 4) is 0 Å².